The molecule has 0 unspecified atom stereocenters. The summed E-state index contributed by atoms with van der Waals surface area (Å²) in [5.41, 5.74) is 0. The van der Waals surface area contributed by atoms with Gasteiger partial charge in [0.15, 0.2) is 0 Å². The lowest BCUT2D eigenvalue weighted by Gasteiger charge is -2.34. The molecule has 0 saturated heterocycles. The zero-order valence-corrected chi connectivity index (χ0v) is 23.4. The van der Waals surface area contributed by atoms with Crippen molar-refractivity contribution < 1.29 is 19.4 Å². The summed E-state index contributed by atoms with van der Waals surface area (Å²) in [6.45, 7) is 9.21. The van der Waals surface area contributed by atoms with E-state index in [0.717, 1.165) is 63.1 Å². The number of unbranched alkanes of at least 4 members (excludes halogenated alkanes) is 12. The maximum absolute atomic E-state index is 13.3. The summed E-state index contributed by atoms with van der Waals surface area (Å²) in [5, 5.41) is 10.3. The van der Waals surface area contributed by atoms with Crippen LogP contribution in [0.25, 0.3) is 0 Å². The summed E-state index contributed by atoms with van der Waals surface area (Å²) in [6, 6.07) is 3.07. The van der Waals surface area contributed by atoms with Gasteiger partial charge in [-0.25, -0.2) is 9.59 Å². The Morgan fingerprint density at radius 1 is 0.636 bits per heavy atom. The van der Waals surface area contributed by atoms with Crippen molar-refractivity contribution in [3.8, 4) is 0 Å². The van der Waals surface area contributed by atoms with E-state index >= 15 is 0 Å². The fourth-order valence-electron chi connectivity index (χ4n) is 4.77. The zero-order chi connectivity index (χ0) is 24.8. The predicted molar refractivity (Wildman–Crippen MR) is 143 cm³/mol. The van der Waals surface area contributed by atoms with E-state index < -0.39 is 14.0 Å². The molecule has 0 fully saturated rings. The van der Waals surface area contributed by atoms with E-state index in [0.29, 0.717) is 11.8 Å². The minimum absolute atomic E-state index is 0.331. The van der Waals surface area contributed by atoms with Crippen molar-refractivity contribution in [1.29, 1.82) is 0 Å². The second-order valence-electron chi connectivity index (χ2n) is 9.81. The van der Waals surface area contributed by atoms with Crippen LogP contribution in [0.1, 0.15) is 130 Å². The Morgan fingerprint density at radius 3 is 1.39 bits per heavy atom. The topological polar surface area (TPSA) is 63.6 Å². The van der Waals surface area contributed by atoms with Gasteiger partial charge in [-0.1, -0.05) is 142 Å². The molecule has 194 valence electrons. The molecule has 0 aromatic heterocycles. The molecule has 0 saturated carbocycles. The Morgan fingerprint density at radius 2 is 1.03 bits per heavy atom. The number of carbonyl (C=O) groups excluding carboxylic acids is 1. The van der Waals surface area contributed by atoms with E-state index in [9.17, 15) is 14.7 Å². The maximum atomic E-state index is 13.3. The summed E-state index contributed by atoms with van der Waals surface area (Å²) >= 11 is 0. The van der Waals surface area contributed by atoms with Gasteiger partial charge >= 0.3 is 11.9 Å². The van der Waals surface area contributed by atoms with Gasteiger partial charge in [0, 0.05) is 11.3 Å². The Bertz CT molecular complexity index is 499. The van der Waals surface area contributed by atoms with Crippen LogP contribution in [0.4, 0.5) is 0 Å². The van der Waals surface area contributed by atoms with E-state index in [2.05, 4.69) is 27.7 Å². The molecule has 0 rings (SSSR count). The van der Waals surface area contributed by atoms with Crippen LogP contribution in [-0.2, 0) is 14.3 Å². The molecule has 4 nitrogen and oxygen atoms in total. The van der Waals surface area contributed by atoms with Crippen LogP contribution < -0.4 is 0 Å². The van der Waals surface area contributed by atoms with Crippen molar-refractivity contribution in [3.05, 3.63) is 11.3 Å². The second kappa shape index (κ2) is 21.4. The lowest BCUT2D eigenvalue weighted by molar-refractivity contribution is -0.139. The van der Waals surface area contributed by atoms with Crippen LogP contribution in [0.15, 0.2) is 11.3 Å². The van der Waals surface area contributed by atoms with Gasteiger partial charge in [-0.15, -0.1) is 0 Å². The summed E-state index contributed by atoms with van der Waals surface area (Å²) in [5.74, 6) is -1.33. The van der Waals surface area contributed by atoms with E-state index in [1.807, 2.05) is 0 Å². The summed E-state index contributed by atoms with van der Waals surface area (Å²) in [7, 11) is -2.27. The molecular weight excluding hydrogens is 428 g/mol. The number of carboxylic acids is 1. The highest BCUT2D eigenvalue weighted by Gasteiger charge is 2.40. The van der Waals surface area contributed by atoms with Gasteiger partial charge in [0.25, 0.3) is 0 Å². The quantitative estimate of drug-likeness (QED) is 0.0683. The molecular formula is C28H54O4Si. The minimum Gasteiger partial charge on any atom is -0.478 e. The molecule has 0 aromatic carbocycles. The van der Waals surface area contributed by atoms with Crippen LogP contribution in [0.5, 0.6) is 0 Å². The third-order valence-corrected chi connectivity index (χ3v) is 12.2. The average Bonchev–Trinajstić information content (AvgIpc) is 2.80. The molecule has 0 aliphatic carbocycles. The number of aliphatic carboxylic acids is 1. The minimum atomic E-state index is -2.27. The Labute approximate surface area is 206 Å². The van der Waals surface area contributed by atoms with E-state index in [4.69, 9.17) is 4.74 Å². The monoisotopic (exact) mass is 482 g/mol. The van der Waals surface area contributed by atoms with Gasteiger partial charge < -0.3 is 9.84 Å². The third kappa shape index (κ3) is 15.4. The number of rotatable bonds is 23. The van der Waals surface area contributed by atoms with Crippen molar-refractivity contribution in [2.75, 3.05) is 6.61 Å². The van der Waals surface area contributed by atoms with Gasteiger partial charge in [0.1, 0.15) is 0 Å². The first-order chi connectivity index (χ1) is 16.0. The Balaban J connectivity index is 5.76. The molecule has 33 heavy (non-hydrogen) atoms. The lowest BCUT2D eigenvalue weighted by atomic mass is 10.2. The van der Waals surface area contributed by atoms with Gasteiger partial charge in [0.05, 0.1) is 14.7 Å². The summed E-state index contributed by atoms with van der Waals surface area (Å²) in [4.78, 5) is 25.1. The van der Waals surface area contributed by atoms with Crippen LogP contribution in [-0.4, -0.2) is 31.7 Å². The van der Waals surface area contributed by atoms with Crippen molar-refractivity contribution in [2.24, 2.45) is 0 Å². The fourth-order valence-corrected chi connectivity index (χ4v) is 10.0. The summed E-state index contributed by atoms with van der Waals surface area (Å²) < 4.78 is 5.70. The normalized spacial score (nSPS) is 12.2. The average molecular weight is 483 g/mol. The first-order valence-corrected chi connectivity index (χ1v) is 16.7. The number of carbonyl (C=O) groups is 2. The molecule has 0 bridgehead atoms. The van der Waals surface area contributed by atoms with Crippen LogP contribution in [0.3, 0.4) is 0 Å². The number of carboxylic acid groups (broad SMARTS) is 1. The SMILES string of the molecule is CCCCCCOC(=O)/C(=C\C(=O)O)[Si](CCCCCC)(CCCCCC)CCCCCC. The number of ether oxygens (including phenoxy) is 1. The molecule has 0 radical (unpaired) electrons. The van der Waals surface area contributed by atoms with Crippen molar-refractivity contribution in [1.82, 2.24) is 0 Å². The molecule has 0 aliphatic rings. The smallest absolute Gasteiger partial charge is 0.330 e. The van der Waals surface area contributed by atoms with E-state index in [-0.39, 0.29) is 5.97 Å². The summed E-state index contributed by atoms with van der Waals surface area (Å²) in [6.07, 6.45) is 19.4. The van der Waals surface area contributed by atoms with Gasteiger partial charge in [-0.2, -0.15) is 0 Å². The predicted octanol–water partition coefficient (Wildman–Crippen LogP) is 8.85. The highest BCUT2D eigenvalue weighted by molar-refractivity contribution is 6.90. The molecule has 1 N–H and O–H groups in total. The van der Waals surface area contributed by atoms with Gasteiger partial charge in [-0.3, -0.25) is 0 Å². The number of hydrogen-bond donors (Lipinski definition) is 1. The second-order valence-corrected chi connectivity index (χ2v) is 14.4. The highest BCUT2D eigenvalue weighted by atomic mass is 28.3. The van der Waals surface area contributed by atoms with Crippen LogP contribution in [0, 0.1) is 0 Å². The van der Waals surface area contributed by atoms with E-state index in [1.54, 1.807) is 0 Å². The number of esters is 1. The van der Waals surface area contributed by atoms with E-state index in [1.165, 1.54) is 63.9 Å². The standard InChI is InChI=1S/C28H54O4Si/c1-5-9-13-17-21-32-28(31)26(25-27(29)30)33(22-18-14-10-6-2,23-19-15-11-7-3)24-20-16-12-8-4/h25H,5-24H2,1-4H3,(H,29,30)/b26-25+. The molecule has 0 spiro atoms. The van der Waals surface area contributed by atoms with Gasteiger partial charge in [0.2, 0.25) is 0 Å². The first kappa shape index (κ1) is 31.9. The molecule has 5 heteroatoms. The molecule has 0 amide bonds. The fraction of sp³-hybridized carbons (Fsp3) is 0.857. The van der Waals surface area contributed by atoms with Crippen molar-refractivity contribution in [2.45, 2.75) is 149 Å². The number of hydrogen-bond acceptors (Lipinski definition) is 3. The zero-order valence-electron chi connectivity index (χ0n) is 22.4. The van der Waals surface area contributed by atoms with Crippen LogP contribution in [0.2, 0.25) is 18.1 Å². The Kier molecular flexibility index (Phi) is 20.7. The Hall–Kier alpha value is -1.10. The lowest BCUT2D eigenvalue weighted by Crippen LogP contribution is -2.41. The van der Waals surface area contributed by atoms with Crippen molar-refractivity contribution in [3.63, 3.8) is 0 Å². The highest BCUT2D eigenvalue weighted by Crippen LogP contribution is 2.36. The maximum Gasteiger partial charge on any atom is 0.330 e. The third-order valence-electron chi connectivity index (χ3n) is 6.82. The largest absolute Gasteiger partial charge is 0.478 e. The van der Waals surface area contributed by atoms with Crippen LogP contribution >= 0.6 is 0 Å². The molecule has 0 aromatic rings. The van der Waals surface area contributed by atoms with Gasteiger partial charge in [-0.05, 0) is 6.42 Å². The van der Waals surface area contributed by atoms with Crippen molar-refractivity contribution >= 4 is 20.0 Å². The first-order valence-electron chi connectivity index (χ1n) is 14.1. The molecule has 0 aliphatic heterocycles. The molecule has 0 heterocycles. The molecule has 0 atom stereocenters.